The van der Waals surface area contributed by atoms with Gasteiger partial charge in [-0.1, -0.05) is 0 Å². The molecule has 2 heterocycles. The predicted molar refractivity (Wildman–Crippen MR) is 110 cm³/mol. The highest BCUT2D eigenvalue weighted by Crippen LogP contribution is 2.14. The summed E-state index contributed by atoms with van der Waals surface area (Å²) in [5.41, 5.74) is 1.23. The smallest absolute Gasteiger partial charge is 0.191 e. The summed E-state index contributed by atoms with van der Waals surface area (Å²) in [5.74, 6) is 3.16. The monoisotopic (exact) mass is 364 g/mol. The van der Waals surface area contributed by atoms with Gasteiger partial charge in [-0.05, 0) is 49.6 Å². The fraction of sp³-hybridized carbons (Fsp3) is 0.667. The van der Waals surface area contributed by atoms with Crippen LogP contribution in [0, 0.1) is 0 Å². The number of anilines is 1. The molecule has 1 fully saturated rings. The Labute approximate surface area is 156 Å². The molecule has 140 valence electrons. The number of likely N-dealkylation sites (N-methyl/N-ethyl adjacent to an activating group) is 1. The molecular weight excluding hydrogens is 332 g/mol. The average Bonchev–Trinajstić information content (AvgIpc) is 2.65. The molecule has 0 saturated carbocycles. The molecular formula is C18H32N6S. The lowest BCUT2D eigenvalue weighted by Crippen LogP contribution is -2.44. The van der Waals surface area contributed by atoms with E-state index < -0.39 is 0 Å². The number of hydrogen-bond acceptors (Lipinski definition) is 5. The summed E-state index contributed by atoms with van der Waals surface area (Å²) in [4.78, 5) is 13.6. The molecule has 0 amide bonds. The lowest BCUT2D eigenvalue weighted by Gasteiger charge is -2.33. The Balaban J connectivity index is 1.78. The molecule has 0 aromatic carbocycles. The molecule has 1 aliphatic rings. The van der Waals surface area contributed by atoms with E-state index >= 15 is 0 Å². The maximum Gasteiger partial charge on any atom is 0.191 e. The molecule has 1 aromatic heterocycles. The van der Waals surface area contributed by atoms with E-state index in [1.54, 1.807) is 0 Å². The van der Waals surface area contributed by atoms with Crippen LogP contribution >= 0.6 is 11.8 Å². The van der Waals surface area contributed by atoms with Crippen molar-refractivity contribution in [2.24, 2.45) is 4.99 Å². The number of hydrogen-bond donors (Lipinski definition) is 2. The number of piperazine rings is 1. The summed E-state index contributed by atoms with van der Waals surface area (Å²) in [7, 11) is 3.99. The van der Waals surface area contributed by atoms with E-state index in [0.29, 0.717) is 0 Å². The lowest BCUT2D eigenvalue weighted by molar-refractivity contribution is 0.312. The van der Waals surface area contributed by atoms with Gasteiger partial charge in [0, 0.05) is 52.5 Å². The van der Waals surface area contributed by atoms with Gasteiger partial charge in [0.2, 0.25) is 0 Å². The summed E-state index contributed by atoms with van der Waals surface area (Å²) in [6.45, 7) is 5.99. The van der Waals surface area contributed by atoms with E-state index in [4.69, 9.17) is 0 Å². The quantitative estimate of drug-likeness (QED) is 0.416. The highest BCUT2D eigenvalue weighted by atomic mass is 32.2. The van der Waals surface area contributed by atoms with E-state index in [2.05, 4.69) is 55.8 Å². The first-order valence-corrected chi connectivity index (χ1v) is 10.4. The van der Waals surface area contributed by atoms with Crippen LogP contribution in [0.2, 0.25) is 0 Å². The number of aromatic nitrogens is 1. The molecule has 0 unspecified atom stereocenters. The van der Waals surface area contributed by atoms with Gasteiger partial charge >= 0.3 is 0 Å². The van der Waals surface area contributed by atoms with Gasteiger partial charge < -0.3 is 20.4 Å². The van der Waals surface area contributed by atoms with Gasteiger partial charge in [0.15, 0.2) is 5.96 Å². The minimum atomic E-state index is 0.758. The molecule has 1 aromatic rings. The van der Waals surface area contributed by atoms with Gasteiger partial charge in [0.25, 0.3) is 0 Å². The van der Waals surface area contributed by atoms with E-state index in [-0.39, 0.29) is 0 Å². The van der Waals surface area contributed by atoms with Crippen molar-refractivity contribution in [2.75, 3.05) is 63.7 Å². The molecule has 2 N–H and O–H groups in total. The molecule has 0 bridgehead atoms. The van der Waals surface area contributed by atoms with Gasteiger partial charge in [0.1, 0.15) is 5.82 Å². The van der Waals surface area contributed by atoms with Crippen molar-refractivity contribution in [1.29, 1.82) is 0 Å². The topological polar surface area (TPSA) is 55.8 Å². The van der Waals surface area contributed by atoms with Crippen molar-refractivity contribution < 1.29 is 0 Å². The second kappa shape index (κ2) is 11.2. The number of unbranched alkanes of at least 4 members (excludes halogenated alkanes) is 1. The van der Waals surface area contributed by atoms with Crippen LogP contribution in [0.4, 0.5) is 5.82 Å². The fourth-order valence-electron chi connectivity index (χ4n) is 2.76. The normalized spacial score (nSPS) is 16.1. The van der Waals surface area contributed by atoms with Crippen molar-refractivity contribution in [3.63, 3.8) is 0 Å². The Hall–Kier alpha value is -1.47. The first-order valence-electron chi connectivity index (χ1n) is 9.05. The number of nitrogens with one attached hydrogen (secondary N) is 2. The number of rotatable bonds is 8. The van der Waals surface area contributed by atoms with Crippen LogP contribution in [-0.4, -0.2) is 74.7 Å². The summed E-state index contributed by atoms with van der Waals surface area (Å²) in [6, 6.07) is 4.25. The Morgan fingerprint density at radius 1 is 1.24 bits per heavy atom. The first kappa shape index (κ1) is 19.8. The molecule has 25 heavy (non-hydrogen) atoms. The van der Waals surface area contributed by atoms with Crippen LogP contribution in [-0.2, 0) is 6.54 Å². The van der Waals surface area contributed by atoms with Crippen molar-refractivity contribution in [2.45, 2.75) is 19.4 Å². The van der Waals surface area contributed by atoms with Crippen LogP contribution in [0.25, 0.3) is 0 Å². The number of aliphatic imine (C=N–C) groups is 1. The number of thioether (sulfide) groups is 1. The van der Waals surface area contributed by atoms with E-state index in [1.165, 1.54) is 24.2 Å². The maximum absolute atomic E-state index is 4.55. The molecule has 1 aliphatic heterocycles. The number of pyridine rings is 1. The van der Waals surface area contributed by atoms with E-state index in [1.807, 2.05) is 25.0 Å². The zero-order valence-electron chi connectivity index (χ0n) is 15.8. The minimum absolute atomic E-state index is 0.758. The average molecular weight is 365 g/mol. The largest absolute Gasteiger partial charge is 0.356 e. The molecule has 0 radical (unpaired) electrons. The van der Waals surface area contributed by atoms with Crippen molar-refractivity contribution >= 4 is 23.5 Å². The Morgan fingerprint density at radius 2 is 2.04 bits per heavy atom. The third-order valence-electron chi connectivity index (χ3n) is 4.39. The van der Waals surface area contributed by atoms with Crippen molar-refractivity contribution in [3.05, 3.63) is 23.9 Å². The lowest BCUT2D eigenvalue weighted by atomic mass is 10.2. The Bertz CT molecular complexity index is 528. The van der Waals surface area contributed by atoms with Gasteiger partial charge in [-0.2, -0.15) is 11.8 Å². The molecule has 6 nitrogen and oxygen atoms in total. The summed E-state index contributed by atoms with van der Waals surface area (Å²) in [6.07, 6.45) is 6.47. The third kappa shape index (κ3) is 7.12. The van der Waals surface area contributed by atoms with Crippen molar-refractivity contribution in [1.82, 2.24) is 20.5 Å². The molecule has 1 saturated heterocycles. The highest BCUT2D eigenvalue weighted by molar-refractivity contribution is 7.98. The third-order valence-corrected chi connectivity index (χ3v) is 5.09. The van der Waals surface area contributed by atoms with Gasteiger partial charge in [-0.25, -0.2) is 4.98 Å². The molecule has 0 spiro atoms. The van der Waals surface area contributed by atoms with Crippen LogP contribution in [0.1, 0.15) is 18.4 Å². The number of guanidine groups is 1. The van der Waals surface area contributed by atoms with Crippen LogP contribution in [0.5, 0.6) is 0 Å². The highest BCUT2D eigenvalue weighted by Gasteiger charge is 2.15. The Kier molecular flexibility index (Phi) is 8.90. The van der Waals surface area contributed by atoms with E-state index in [0.717, 1.165) is 51.0 Å². The zero-order chi connectivity index (χ0) is 17.9. The fourth-order valence-corrected chi connectivity index (χ4v) is 3.26. The zero-order valence-corrected chi connectivity index (χ0v) is 16.6. The van der Waals surface area contributed by atoms with Crippen molar-refractivity contribution in [3.8, 4) is 0 Å². The van der Waals surface area contributed by atoms with Crippen LogP contribution in [0.3, 0.4) is 0 Å². The van der Waals surface area contributed by atoms with E-state index in [9.17, 15) is 0 Å². The molecule has 0 aliphatic carbocycles. The van der Waals surface area contributed by atoms with Gasteiger partial charge in [-0.15, -0.1) is 0 Å². The van der Waals surface area contributed by atoms with Crippen LogP contribution < -0.4 is 15.5 Å². The summed E-state index contributed by atoms with van der Waals surface area (Å²) >= 11 is 1.90. The summed E-state index contributed by atoms with van der Waals surface area (Å²) in [5, 5.41) is 6.77. The SMILES string of the molecule is CN=C(NCCCCSC)NCc1ccnc(N2CCN(C)CC2)c1. The Morgan fingerprint density at radius 3 is 2.76 bits per heavy atom. The molecule has 0 atom stereocenters. The number of nitrogens with zero attached hydrogens (tertiary/aromatic N) is 4. The maximum atomic E-state index is 4.55. The predicted octanol–water partition coefficient (Wildman–Crippen LogP) is 1.64. The van der Waals surface area contributed by atoms with Gasteiger partial charge in [-0.3, -0.25) is 4.99 Å². The van der Waals surface area contributed by atoms with Crippen LogP contribution in [0.15, 0.2) is 23.3 Å². The second-order valence-corrected chi connectivity index (χ2v) is 7.35. The van der Waals surface area contributed by atoms with Gasteiger partial charge in [0.05, 0.1) is 0 Å². The second-order valence-electron chi connectivity index (χ2n) is 6.37. The molecule has 7 heteroatoms. The summed E-state index contributed by atoms with van der Waals surface area (Å²) < 4.78 is 0. The molecule has 2 rings (SSSR count). The minimum Gasteiger partial charge on any atom is -0.356 e. The standard InChI is InChI=1S/C18H32N6S/c1-19-18(21-7-4-5-13-25-3)22-15-16-6-8-20-17(14-16)24-11-9-23(2)10-12-24/h6,8,14H,4-5,7,9-13,15H2,1-3H3,(H2,19,21,22). The first-order chi connectivity index (χ1) is 12.2.